The zero-order valence-electron chi connectivity index (χ0n) is 4.76. The summed E-state index contributed by atoms with van der Waals surface area (Å²) < 4.78 is 10.6. The first-order valence-electron chi connectivity index (χ1n) is 2.63. The van der Waals surface area contributed by atoms with Gasteiger partial charge in [-0.1, -0.05) is 0 Å². The lowest BCUT2D eigenvalue weighted by atomic mass is 10.3. The molecule has 48 valence electrons. The summed E-state index contributed by atoms with van der Waals surface area (Å²) in [4.78, 5) is 0. The zero-order chi connectivity index (χ0) is 5.98. The van der Waals surface area contributed by atoms with Crippen molar-refractivity contribution < 1.29 is 9.47 Å². The molecule has 2 atom stereocenters. The van der Waals surface area contributed by atoms with E-state index in [-0.39, 0.29) is 4.11 Å². The number of rotatable bonds is 1. The minimum Gasteiger partial charge on any atom is -0.378 e. The van der Waals surface area contributed by atoms with Gasteiger partial charge in [-0.3, -0.25) is 0 Å². The number of ether oxygens (including phenoxy) is 2. The molecule has 0 aromatic carbocycles. The topological polar surface area (TPSA) is 18.5 Å². The average Bonchev–Trinajstić information content (AvgIpc) is 2.14. The molecular weight excluding hydrogens is 219 g/mol. The van der Waals surface area contributed by atoms with Crippen LogP contribution in [-0.4, -0.2) is 23.9 Å². The molecule has 2 nitrogen and oxygen atoms in total. The molecule has 0 radical (unpaired) electrons. The third-order valence-electron chi connectivity index (χ3n) is 1.27. The van der Waals surface area contributed by atoms with Crippen molar-refractivity contribution >= 4 is 22.6 Å². The Labute approximate surface area is 62.7 Å². The summed E-state index contributed by atoms with van der Waals surface area (Å²) in [5, 5.41) is 0. The molecule has 0 amide bonds. The summed E-state index contributed by atoms with van der Waals surface area (Å²) in [6.07, 6.45) is 1.38. The Morgan fingerprint density at radius 1 is 1.75 bits per heavy atom. The van der Waals surface area contributed by atoms with Crippen LogP contribution in [0, 0.1) is 0 Å². The van der Waals surface area contributed by atoms with Crippen molar-refractivity contribution in [3.8, 4) is 0 Å². The first-order chi connectivity index (χ1) is 3.84. The normalized spacial score (nSPS) is 38.2. The van der Waals surface area contributed by atoms with Crippen molar-refractivity contribution in [2.75, 3.05) is 13.7 Å². The summed E-state index contributed by atoms with van der Waals surface area (Å²) in [7, 11) is 1.73. The van der Waals surface area contributed by atoms with Gasteiger partial charge in [0, 0.05) is 13.5 Å². The Bertz CT molecular complexity index is 76.8. The van der Waals surface area contributed by atoms with Gasteiger partial charge in [-0.25, -0.2) is 0 Å². The van der Waals surface area contributed by atoms with Crippen LogP contribution in [-0.2, 0) is 9.47 Å². The highest BCUT2D eigenvalue weighted by atomic mass is 127. The minimum atomic E-state index is 0.276. The van der Waals surface area contributed by atoms with E-state index < -0.39 is 0 Å². The van der Waals surface area contributed by atoms with E-state index in [1.165, 1.54) is 0 Å². The monoisotopic (exact) mass is 228 g/mol. The number of alkyl halides is 1. The third kappa shape index (κ3) is 1.33. The van der Waals surface area contributed by atoms with Crippen molar-refractivity contribution in [3.63, 3.8) is 0 Å². The number of methoxy groups -OCH3 is 1. The summed E-state index contributed by atoms with van der Waals surface area (Å²) in [6, 6.07) is 0. The van der Waals surface area contributed by atoms with Gasteiger partial charge in [0.2, 0.25) is 0 Å². The van der Waals surface area contributed by atoms with Gasteiger partial charge in [-0.05, 0) is 22.6 Å². The molecule has 0 aromatic rings. The van der Waals surface area contributed by atoms with Crippen molar-refractivity contribution in [2.45, 2.75) is 16.6 Å². The smallest absolute Gasteiger partial charge is 0.134 e. The summed E-state index contributed by atoms with van der Waals surface area (Å²) in [5.74, 6) is 0. The Balaban J connectivity index is 2.30. The van der Waals surface area contributed by atoms with Crippen LogP contribution < -0.4 is 0 Å². The summed E-state index contributed by atoms with van der Waals surface area (Å²) in [6.45, 7) is 0.853. The molecule has 0 unspecified atom stereocenters. The Kier molecular flexibility index (Phi) is 2.52. The molecule has 0 spiro atoms. The van der Waals surface area contributed by atoms with Crippen molar-refractivity contribution in [1.29, 1.82) is 0 Å². The van der Waals surface area contributed by atoms with Gasteiger partial charge in [-0.15, -0.1) is 0 Å². The molecule has 1 fully saturated rings. The largest absolute Gasteiger partial charge is 0.378 e. The van der Waals surface area contributed by atoms with Gasteiger partial charge in [0.05, 0.1) is 12.7 Å². The molecule has 1 rings (SSSR count). The van der Waals surface area contributed by atoms with Gasteiger partial charge in [-0.2, -0.15) is 0 Å². The molecule has 1 heterocycles. The Hall–Kier alpha value is 0.650. The van der Waals surface area contributed by atoms with Gasteiger partial charge in [0.1, 0.15) is 4.11 Å². The molecule has 3 heteroatoms. The fraction of sp³-hybridized carbons (Fsp3) is 1.00. The molecule has 0 saturated carbocycles. The quantitative estimate of drug-likeness (QED) is 0.495. The van der Waals surface area contributed by atoms with E-state index in [9.17, 15) is 0 Å². The lowest BCUT2D eigenvalue weighted by Gasteiger charge is -2.08. The average molecular weight is 228 g/mol. The maximum Gasteiger partial charge on any atom is 0.134 e. The highest BCUT2D eigenvalue weighted by Gasteiger charge is 2.24. The standard InChI is InChI=1S/C5H9IO2/c1-7-4-2-3-8-5(4)6/h4-5H,2-3H2,1H3/t4-,5+/m0/s1. The molecule has 0 aliphatic carbocycles. The van der Waals surface area contributed by atoms with Crippen LogP contribution in [0.3, 0.4) is 0 Å². The number of hydrogen-bond acceptors (Lipinski definition) is 2. The van der Waals surface area contributed by atoms with Gasteiger partial charge in [0.15, 0.2) is 0 Å². The SMILES string of the molecule is CO[C@H]1CCO[C@H]1I. The fourth-order valence-corrected chi connectivity index (χ4v) is 1.67. The number of halogens is 1. The van der Waals surface area contributed by atoms with Gasteiger partial charge >= 0.3 is 0 Å². The van der Waals surface area contributed by atoms with Crippen molar-refractivity contribution in [1.82, 2.24) is 0 Å². The highest BCUT2D eigenvalue weighted by Crippen LogP contribution is 2.21. The van der Waals surface area contributed by atoms with Crippen LogP contribution in [0.4, 0.5) is 0 Å². The molecule has 8 heavy (non-hydrogen) atoms. The van der Waals surface area contributed by atoms with Gasteiger partial charge in [0.25, 0.3) is 0 Å². The van der Waals surface area contributed by atoms with E-state index >= 15 is 0 Å². The van der Waals surface area contributed by atoms with Crippen LogP contribution in [0.1, 0.15) is 6.42 Å². The van der Waals surface area contributed by atoms with Crippen LogP contribution in [0.2, 0.25) is 0 Å². The molecule has 0 aromatic heterocycles. The second-order valence-electron chi connectivity index (χ2n) is 1.78. The van der Waals surface area contributed by atoms with E-state index in [0.717, 1.165) is 13.0 Å². The predicted molar refractivity (Wildman–Crippen MR) is 39.2 cm³/mol. The van der Waals surface area contributed by atoms with Crippen LogP contribution in [0.25, 0.3) is 0 Å². The second kappa shape index (κ2) is 2.98. The summed E-state index contributed by atoms with van der Waals surface area (Å²) >= 11 is 2.25. The van der Waals surface area contributed by atoms with Crippen molar-refractivity contribution in [2.24, 2.45) is 0 Å². The maximum absolute atomic E-state index is 5.22. The van der Waals surface area contributed by atoms with E-state index in [1.807, 2.05) is 0 Å². The highest BCUT2D eigenvalue weighted by molar-refractivity contribution is 14.1. The molecule has 0 bridgehead atoms. The molecule has 1 aliphatic heterocycles. The molecule has 0 N–H and O–H groups in total. The second-order valence-corrected chi connectivity index (χ2v) is 3.01. The molecule has 1 aliphatic rings. The summed E-state index contributed by atoms with van der Waals surface area (Å²) in [5.41, 5.74) is 0. The van der Waals surface area contributed by atoms with Crippen LogP contribution in [0.5, 0.6) is 0 Å². The lowest BCUT2D eigenvalue weighted by Crippen LogP contribution is -2.15. The minimum absolute atomic E-state index is 0.276. The Morgan fingerprint density at radius 2 is 2.50 bits per heavy atom. The maximum atomic E-state index is 5.22. The van der Waals surface area contributed by atoms with Crippen LogP contribution in [0.15, 0.2) is 0 Å². The van der Waals surface area contributed by atoms with E-state index in [4.69, 9.17) is 9.47 Å². The van der Waals surface area contributed by atoms with E-state index in [1.54, 1.807) is 7.11 Å². The van der Waals surface area contributed by atoms with Crippen molar-refractivity contribution in [3.05, 3.63) is 0 Å². The van der Waals surface area contributed by atoms with E-state index in [0.29, 0.717) is 6.10 Å². The number of hydrogen-bond donors (Lipinski definition) is 0. The van der Waals surface area contributed by atoms with Crippen LogP contribution >= 0.6 is 22.6 Å². The predicted octanol–water partition coefficient (Wildman–Crippen LogP) is 1.18. The van der Waals surface area contributed by atoms with E-state index in [2.05, 4.69) is 22.6 Å². The first kappa shape index (κ1) is 6.77. The first-order valence-corrected chi connectivity index (χ1v) is 3.87. The fourth-order valence-electron chi connectivity index (χ4n) is 0.760. The lowest BCUT2D eigenvalue weighted by molar-refractivity contribution is 0.0722. The Morgan fingerprint density at radius 3 is 2.75 bits per heavy atom. The third-order valence-corrected chi connectivity index (χ3v) is 2.44. The molecular formula is C5H9IO2. The molecule has 1 saturated heterocycles. The zero-order valence-corrected chi connectivity index (χ0v) is 6.92. The van der Waals surface area contributed by atoms with Gasteiger partial charge < -0.3 is 9.47 Å².